The second kappa shape index (κ2) is 5.68. The normalized spacial score (nSPS) is 21.7. The molecule has 0 radical (unpaired) electrons. The van der Waals surface area contributed by atoms with Gasteiger partial charge < -0.3 is 10.4 Å². The van der Waals surface area contributed by atoms with E-state index in [1.807, 2.05) is 6.92 Å². The summed E-state index contributed by atoms with van der Waals surface area (Å²) in [4.78, 5) is 0. The van der Waals surface area contributed by atoms with Crippen LogP contribution in [0.4, 0.5) is 4.39 Å². The fourth-order valence-electron chi connectivity index (χ4n) is 2.48. The van der Waals surface area contributed by atoms with Crippen molar-refractivity contribution < 1.29 is 9.50 Å². The Bertz CT molecular complexity index is 438. The van der Waals surface area contributed by atoms with E-state index in [1.165, 1.54) is 6.07 Å². The highest BCUT2D eigenvalue weighted by Gasteiger charge is 2.29. The largest absolute Gasteiger partial charge is 0.396 e. The molecule has 0 fully saturated rings. The Hall–Kier alpha value is -0.450. The maximum atomic E-state index is 13.7. The van der Waals surface area contributed by atoms with Gasteiger partial charge in [-0.2, -0.15) is 0 Å². The molecule has 0 spiro atoms. The Morgan fingerprint density at radius 1 is 1.50 bits per heavy atom. The second-order valence-electron chi connectivity index (χ2n) is 5.13. The highest BCUT2D eigenvalue weighted by Crippen LogP contribution is 2.38. The number of hydrogen-bond acceptors (Lipinski definition) is 2. The first-order chi connectivity index (χ1) is 8.54. The molecule has 2 nitrogen and oxygen atoms in total. The molecular formula is C14H19BrFNO. The third-order valence-corrected chi connectivity index (χ3v) is 4.58. The first-order valence-electron chi connectivity index (χ1n) is 6.38. The Morgan fingerprint density at radius 2 is 2.22 bits per heavy atom. The monoisotopic (exact) mass is 315 g/mol. The molecule has 0 bridgehead atoms. The zero-order valence-corrected chi connectivity index (χ0v) is 12.3. The molecule has 0 amide bonds. The molecule has 0 saturated heterocycles. The Balaban J connectivity index is 2.19. The summed E-state index contributed by atoms with van der Waals surface area (Å²) in [6.45, 7) is 4.23. The second-order valence-corrected chi connectivity index (χ2v) is 5.98. The average Bonchev–Trinajstić information content (AvgIpc) is 2.78. The zero-order chi connectivity index (χ0) is 13.3. The third-order valence-electron chi connectivity index (χ3n) is 3.88. The van der Waals surface area contributed by atoms with Crippen LogP contribution in [0.5, 0.6) is 0 Å². The SMILES string of the molecule is CC(CO)C(C)NC1CCc2c(F)ccc(Br)c21. The van der Waals surface area contributed by atoms with Crippen molar-refractivity contribution in [3.05, 3.63) is 33.5 Å². The summed E-state index contributed by atoms with van der Waals surface area (Å²) in [6.07, 6.45) is 1.69. The summed E-state index contributed by atoms with van der Waals surface area (Å²) in [5.74, 6) is 0.0849. The summed E-state index contributed by atoms with van der Waals surface area (Å²) < 4.78 is 14.7. The molecule has 1 aliphatic rings. The van der Waals surface area contributed by atoms with E-state index in [9.17, 15) is 4.39 Å². The molecule has 2 N–H and O–H groups in total. The van der Waals surface area contributed by atoms with Gasteiger partial charge in [-0.15, -0.1) is 0 Å². The van der Waals surface area contributed by atoms with Gasteiger partial charge in [0.25, 0.3) is 0 Å². The van der Waals surface area contributed by atoms with Gasteiger partial charge in [0, 0.05) is 23.2 Å². The van der Waals surface area contributed by atoms with E-state index < -0.39 is 0 Å². The van der Waals surface area contributed by atoms with Crippen LogP contribution in [0.25, 0.3) is 0 Å². The molecule has 1 aromatic rings. The summed E-state index contributed by atoms with van der Waals surface area (Å²) in [6, 6.07) is 3.68. The van der Waals surface area contributed by atoms with Crippen LogP contribution in [0, 0.1) is 11.7 Å². The smallest absolute Gasteiger partial charge is 0.126 e. The third kappa shape index (κ3) is 2.60. The van der Waals surface area contributed by atoms with E-state index in [1.54, 1.807) is 6.07 Å². The molecule has 3 unspecified atom stereocenters. The minimum Gasteiger partial charge on any atom is -0.396 e. The lowest BCUT2D eigenvalue weighted by molar-refractivity contribution is 0.200. The van der Waals surface area contributed by atoms with Crippen molar-refractivity contribution in [2.45, 2.75) is 38.8 Å². The molecule has 0 saturated carbocycles. The van der Waals surface area contributed by atoms with Gasteiger partial charge >= 0.3 is 0 Å². The van der Waals surface area contributed by atoms with Gasteiger partial charge in [-0.05, 0) is 48.9 Å². The minimum atomic E-state index is -0.111. The van der Waals surface area contributed by atoms with Crippen LogP contribution in [0.15, 0.2) is 16.6 Å². The summed E-state index contributed by atoms with van der Waals surface area (Å²) in [5.41, 5.74) is 1.87. The van der Waals surface area contributed by atoms with Crippen molar-refractivity contribution in [3.63, 3.8) is 0 Å². The van der Waals surface area contributed by atoms with Crippen LogP contribution in [-0.4, -0.2) is 17.8 Å². The van der Waals surface area contributed by atoms with Gasteiger partial charge in [0.1, 0.15) is 5.82 Å². The molecule has 0 heterocycles. The predicted octanol–water partition coefficient (Wildman–Crippen LogP) is 3.18. The number of hydrogen-bond donors (Lipinski definition) is 2. The Kier molecular flexibility index (Phi) is 4.41. The quantitative estimate of drug-likeness (QED) is 0.894. The van der Waals surface area contributed by atoms with E-state index in [0.29, 0.717) is 0 Å². The standard InChI is InChI=1S/C14H19BrFNO/c1-8(7-18)9(2)17-13-6-3-10-12(16)5-4-11(15)14(10)13/h4-5,8-9,13,17-18H,3,6-7H2,1-2H3. The van der Waals surface area contributed by atoms with Crippen LogP contribution in [0.3, 0.4) is 0 Å². The molecule has 0 aromatic heterocycles. The van der Waals surface area contributed by atoms with Crippen molar-refractivity contribution in [3.8, 4) is 0 Å². The summed E-state index contributed by atoms with van der Waals surface area (Å²) in [7, 11) is 0. The molecule has 3 atom stereocenters. The molecule has 2 rings (SSSR count). The number of halogens is 2. The lowest BCUT2D eigenvalue weighted by Gasteiger charge is -2.25. The topological polar surface area (TPSA) is 32.3 Å². The first kappa shape index (κ1) is 14.0. The van der Waals surface area contributed by atoms with E-state index in [-0.39, 0.29) is 30.4 Å². The molecule has 4 heteroatoms. The number of fused-ring (bicyclic) bond motifs is 1. The Labute approximate surface area is 116 Å². The maximum absolute atomic E-state index is 13.7. The van der Waals surface area contributed by atoms with Crippen molar-refractivity contribution >= 4 is 15.9 Å². The zero-order valence-electron chi connectivity index (χ0n) is 10.7. The molecule has 1 aliphatic carbocycles. The van der Waals surface area contributed by atoms with Crippen molar-refractivity contribution in [2.75, 3.05) is 6.61 Å². The number of nitrogens with one attached hydrogen (secondary N) is 1. The van der Waals surface area contributed by atoms with Gasteiger partial charge in [-0.3, -0.25) is 0 Å². The minimum absolute atomic E-state index is 0.111. The molecular weight excluding hydrogens is 297 g/mol. The van der Waals surface area contributed by atoms with Gasteiger partial charge in [0.2, 0.25) is 0 Å². The molecule has 1 aromatic carbocycles. The van der Waals surface area contributed by atoms with E-state index in [2.05, 4.69) is 28.2 Å². The fraction of sp³-hybridized carbons (Fsp3) is 0.571. The molecule has 0 aliphatic heterocycles. The van der Waals surface area contributed by atoms with Gasteiger partial charge in [-0.1, -0.05) is 22.9 Å². The van der Waals surface area contributed by atoms with Gasteiger partial charge in [0.15, 0.2) is 0 Å². The number of benzene rings is 1. The lowest BCUT2D eigenvalue weighted by atomic mass is 10.0. The van der Waals surface area contributed by atoms with Crippen LogP contribution in [0.2, 0.25) is 0 Å². The summed E-state index contributed by atoms with van der Waals surface area (Å²) in [5, 5.41) is 12.7. The predicted molar refractivity (Wildman–Crippen MR) is 74.0 cm³/mol. The van der Waals surface area contributed by atoms with Gasteiger partial charge in [0.05, 0.1) is 0 Å². The van der Waals surface area contributed by atoms with Crippen LogP contribution < -0.4 is 5.32 Å². The highest BCUT2D eigenvalue weighted by atomic mass is 79.9. The fourth-order valence-corrected chi connectivity index (χ4v) is 3.13. The number of aliphatic hydroxyl groups is 1. The highest BCUT2D eigenvalue weighted by molar-refractivity contribution is 9.10. The van der Waals surface area contributed by atoms with Crippen LogP contribution in [-0.2, 0) is 6.42 Å². The number of aliphatic hydroxyl groups excluding tert-OH is 1. The van der Waals surface area contributed by atoms with E-state index in [4.69, 9.17) is 5.11 Å². The molecule has 100 valence electrons. The van der Waals surface area contributed by atoms with Crippen molar-refractivity contribution in [2.24, 2.45) is 5.92 Å². The van der Waals surface area contributed by atoms with Crippen LogP contribution >= 0.6 is 15.9 Å². The van der Waals surface area contributed by atoms with Crippen molar-refractivity contribution in [1.29, 1.82) is 0 Å². The van der Waals surface area contributed by atoms with E-state index in [0.717, 1.165) is 28.4 Å². The van der Waals surface area contributed by atoms with Crippen LogP contribution in [0.1, 0.15) is 37.4 Å². The number of rotatable bonds is 4. The van der Waals surface area contributed by atoms with E-state index >= 15 is 0 Å². The average molecular weight is 316 g/mol. The first-order valence-corrected chi connectivity index (χ1v) is 7.17. The lowest BCUT2D eigenvalue weighted by Crippen LogP contribution is -2.36. The maximum Gasteiger partial charge on any atom is 0.126 e. The molecule has 18 heavy (non-hydrogen) atoms. The Morgan fingerprint density at radius 3 is 2.89 bits per heavy atom. The van der Waals surface area contributed by atoms with Gasteiger partial charge in [-0.25, -0.2) is 4.39 Å². The van der Waals surface area contributed by atoms with Crippen molar-refractivity contribution in [1.82, 2.24) is 5.32 Å². The summed E-state index contributed by atoms with van der Waals surface area (Å²) >= 11 is 3.51.